The van der Waals surface area contributed by atoms with Crippen LogP contribution in [0.15, 0.2) is 9.59 Å². The molecule has 1 unspecified atom stereocenters. The van der Waals surface area contributed by atoms with E-state index in [1.807, 2.05) is 6.92 Å². The largest absolute Gasteiger partial charge is 0.383 e. The van der Waals surface area contributed by atoms with Gasteiger partial charge in [0.2, 0.25) is 11.8 Å². The van der Waals surface area contributed by atoms with E-state index in [0.717, 1.165) is 32.1 Å². The van der Waals surface area contributed by atoms with Crippen molar-refractivity contribution in [2.75, 3.05) is 30.3 Å². The summed E-state index contributed by atoms with van der Waals surface area (Å²) in [6, 6.07) is 0. The fourth-order valence-corrected chi connectivity index (χ4v) is 3.99. The number of carbonyl (C=O) groups excluding carboxylic acids is 2. The van der Waals surface area contributed by atoms with Crippen molar-refractivity contribution in [3.05, 3.63) is 20.8 Å². The standard InChI is InChI=1S/C20H31N5O4/c1-3-5-11-25-16(21)15(17(26)22-20(25)29)24(4-2)19(28)14-7-6-10-23(12-14)18(27)13-8-9-13/h13-14H,3-12,21H2,1-2H3,(H,22,26,29). The van der Waals surface area contributed by atoms with E-state index >= 15 is 0 Å². The number of aromatic nitrogens is 2. The zero-order valence-electron chi connectivity index (χ0n) is 17.3. The van der Waals surface area contributed by atoms with Crippen molar-refractivity contribution in [3.63, 3.8) is 0 Å². The van der Waals surface area contributed by atoms with Gasteiger partial charge >= 0.3 is 5.69 Å². The number of carbonyl (C=O) groups is 2. The Labute approximate surface area is 169 Å². The van der Waals surface area contributed by atoms with E-state index in [9.17, 15) is 19.2 Å². The van der Waals surface area contributed by atoms with Gasteiger partial charge in [0.1, 0.15) is 5.82 Å². The first-order chi connectivity index (χ1) is 13.9. The molecular weight excluding hydrogens is 374 g/mol. The fraction of sp³-hybridized carbons (Fsp3) is 0.700. The number of nitrogens with zero attached hydrogens (tertiary/aromatic N) is 3. The summed E-state index contributed by atoms with van der Waals surface area (Å²) < 4.78 is 1.32. The van der Waals surface area contributed by atoms with Crippen LogP contribution in [-0.4, -0.2) is 45.9 Å². The minimum absolute atomic E-state index is 0.0177. The molecule has 9 nitrogen and oxygen atoms in total. The first-order valence-corrected chi connectivity index (χ1v) is 10.6. The zero-order chi connectivity index (χ0) is 21.1. The lowest BCUT2D eigenvalue weighted by Crippen LogP contribution is -2.49. The molecule has 3 rings (SSSR count). The Hall–Kier alpha value is -2.58. The molecule has 1 aliphatic carbocycles. The molecule has 160 valence electrons. The molecule has 2 heterocycles. The van der Waals surface area contributed by atoms with Crippen LogP contribution in [0.5, 0.6) is 0 Å². The first-order valence-electron chi connectivity index (χ1n) is 10.6. The number of likely N-dealkylation sites (tertiary alicyclic amines) is 1. The molecule has 1 aliphatic heterocycles. The summed E-state index contributed by atoms with van der Waals surface area (Å²) in [5, 5.41) is 0. The topological polar surface area (TPSA) is 121 Å². The smallest absolute Gasteiger partial charge is 0.330 e. The average Bonchev–Trinajstić information content (AvgIpc) is 3.55. The third kappa shape index (κ3) is 4.38. The monoisotopic (exact) mass is 405 g/mol. The summed E-state index contributed by atoms with van der Waals surface area (Å²) in [6.45, 7) is 5.45. The van der Waals surface area contributed by atoms with E-state index in [1.165, 1.54) is 9.47 Å². The van der Waals surface area contributed by atoms with Crippen molar-refractivity contribution < 1.29 is 9.59 Å². The van der Waals surface area contributed by atoms with E-state index in [0.29, 0.717) is 26.1 Å². The number of piperidine rings is 1. The molecule has 1 saturated heterocycles. The lowest BCUT2D eigenvalue weighted by Gasteiger charge is -2.35. The number of hydrogen-bond acceptors (Lipinski definition) is 5. The Morgan fingerprint density at radius 1 is 1.17 bits per heavy atom. The Bertz CT molecular complexity index is 886. The van der Waals surface area contributed by atoms with Gasteiger partial charge in [-0.1, -0.05) is 13.3 Å². The molecule has 0 aromatic carbocycles. The van der Waals surface area contributed by atoms with E-state index in [-0.39, 0.29) is 41.7 Å². The highest BCUT2D eigenvalue weighted by Gasteiger charge is 2.38. The van der Waals surface area contributed by atoms with Gasteiger partial charge in [0.05, 0.1) is 5.92 Å². The third-order valence-corrected chi connectivity index (χ3v) is 5.81. The summed E-state index contributed by atoms with van der Waals surface area (Å²) in [6.07, 6.45) is 4.88. The van der Waals surface area contributed by atoms with Crippen LogP contribution in [0.1, 0.15) is 52.4 Å². The minimum Gasteiger partial charge on any atom is -0.383 e. The Balaban J connectivity index is 1.86. The zero-order valence-corrected chi connectivity index (χ0v) is 17.3. The van der Waals surface area contributed by atoms with Crippen LogP contribution in [-0.2, 0) is 16.1 Å². The van der Waals surface area contributed by atoms with Gasteiger partial charge < -0.3 is 15.5 Å². The lowest BCUT2D eigenvalue weighted by molar-refractivity contribution is -0.136. The number of nitrogens with one attached hydrogen (secondary N) is 1. The van der Waals surface area contributed by atoms with Crippen molar-refractivity contribution in [1.29, 1.82) is 0 Å². The lowest BCUT2D eigenvalue weighted by atomic mass is 9.96. The summed E-state index contributed by atoms with van der Waals surface area (Å²) in [5.41, 5.74) is 4.99. The summed E-state index contributed by atoms with van der Waals surface area (Å²) >= 11 is 0. The predicted octanol–water partition coefficient (Wildman–Crippen LogP) is 0.920. The number of unbranched alkanes of at least 4 members (excludes halogenated alkanes) is 1. The molecule has 3 N–H and O–H groups in total. The molecule has 2 fully saturated rings. The van der Waals surface area contributed by atoms with Crippen LogP contribution in [0.3, 0.4) is 0 Å². The van der Waals surface area contributed by atoms with Crippen LogP contribution in [0, 0.1) is 11.8 Å². The van der Waals surface area contributed by atoms with E-state index in [4.69, 9.17) is 5.73 Å². The number of nitrogens with two attached hydrogens (primary N) is 1. The molecule has 1 saturated carbocycles. The number of amides is 2. The maximum Gasteiger partial charge on any atom is 0.330 e. The SMILES string of the molecule is CCCCn1c(N)c(N(CC)C(=O)C2CCCN(C(=O)C3CC3)C2)c(=O)[nH]c1=O. The minimum atomic E-state index is -0.655. The van der Waals surface area contributed by atoms with Gasteiger partial charge in [-0.25, -0.2) is 4.79 Å². The van der Waals surface area contributed by atoms with Gasteiger partial charge in [0.25, 0.3) is 5.56 Å². The molecule has 1 aromatic heterocycles. The first kappa shape index (κ1) is 21.1. The fourth-order valence-electron chi connectivity index (χ4n) is 3.99. The maximum atomic E-state index is 13.3. The number of nitrogen functional groups attached to an aromatic ring is 1. The van der Waals surface area contributed by atoms with Gasteiger partial charge in [-0.3, -0.25) is 23.9 Å². The van der Waals surface area contributed by atoms with Gasteiger partial charge in [-0.15, -0.1) is 0 Å². The van der Waals surface area contributed by atoms with Gasteiger partial charge in [0.15, 0.2) is 5.69 Å². The Morgan fingerprint density at radius 2 is 1.90 bits per heavy atom. The molecule has 9 heteroatoms. The van der Waals surface area contributed by atoms with Crippen molar-refractivity contribution in [2.24, 2.45) is 11.8 Å². The van der Waals surface area contributed by atoms with Crippen LogP contribution in [0.25, 0.3) is 0 Å². The molecule has 1 aromatic rings. The second-order valence-electron chi connectivity index (χ2n) is 7.98. The Morgan fingerprint density at radius 3 is 2.52 bits per heavy atom. The van der Waals surface area contributed by atoms with Crippen molar-refractivity contribution in [2.45, 2.75) is 58.9 Å². The van der Waals surface area contributed by atoms with E-state index in [2.05, 4.69) is 4.98 Å². The second kappa shape index (κ2) is 8.84. The molecule has 2 amide bonds. The number of rotatable bonds is 7. The molecule has 2 aliphatic rings. The van der Waals surface area contributed by atoms with E-state index < -0.39 is 11.2 Å². The summed E-state index contributed by atoms with van der Waals surface area (Å²) in [4.78, 5) is 55.9. The molecule has 29 heavy (non-hydrogen) atoms. The van der Waals surface area contributed by atoms with Gasteiger partial charge in [0, 0.05) is 32.1 Å². The van der Waals surface area contributed by atoms with Gasteiger partial charge in [-0.05, 0) is 39.0 Å². The third-order valence-electron chi connectivity index (χ3n) is 5.81. The number of hydrogen-bond donors (Lipinski definition) is 2. The predicted molar refractivity (Wildman–Crippen MR) is 111 cm³/mol. The quantitative estimate of drug-likeness (QED) is 0.699. The number of aromatic amines is 1. The van der Waals surface area contributed by atoms with Crippen molar-refractivity contribution in [3.8, 4) is 0 Å². The van der Waals surface area contributed by atoms with Crippen LogP contribution < -0.4 is 21.9 Å². The highest BCUT2D eigenvalue weighted by molar-refractivity contribution is 5.97. The molecule has 0 bridgehead atoms. The van der Waals surface area contributed by atoms with Crippen molar-refractivity contribution >= 4 is 23.3 Å². The average molecular weight is 405 g/mol. The second-order valence-corrected chi connectivity index (χ2v) is 7.98. The highest BCUT2D eigenvalue weighted by atomic mass is 16.2. The van der Waals surface area contributed by atoms with Crippen LogP contribution >= 0.6 is 0 Å². The Kier molecular flexibility index (Phi) is 6.44. The molecule has 1 atom stereocenters. The van der Waals surface area contributed by atoms with Gasteiger partial charge in [-0.2, -0.15) is 0 Å². The summed E-state index contributed by atoms with van der Waals surface area (Å²) in [7, 11) is 0. The molecule has 0 spiro atoms. The van der Waals surface area contributed by atoms with Crippen molar-refractivity contribution in [1.82, 2.24) is 14.5 Å². The van der Waals surface area contributed by atoms with Crippen LogP contribution in [0.2, 0.25) is 0 Å². The molecule has 0 radical (unpaired) electrons. The normalized spacial score (nSPS) is 19.2. The van der Waals surface area contributed by atoms with E-state index in [1.54, 1.807) is 11.8 Å². The number of anilines is 2. The van der Waals surface area contributed by atoms with Crippen LogP contribution in [0.4, 0.5) is 11.5 Å². The maximum absolute atomic E-state index is 13.3. The highest BCUT2D eigenvalue weighted by Crippen LogP contribution is 2.33. The number of H-pyrrole nitrogens is 1. The summed E-state index contributed by atoms with van der Waals surface area (Å²) in [5.74, 6) is -0.327. The molecular formula is C20H31N5O4.